The molecule has 3 rings (SSSR count). The molecule has 1 saturated heterocycles. The van der Waals surface area contributed by atoms with Gasteiger partial charge in [0.15, 0.2) is 11.6 Å². The molecule has 116 valence electrons. The lowest BCUT2D eigenvalue weighted by Gasteiger charge is -2.40. The summed E-state index contributed by atoms with van der Waals surface area (Å²) in [6, 6.07) is 4.48. The zero-order valence-corrected chi connectivity index (χ0v) is 12.5. The van der Waals surface area contributed by atoms with E-state index in [1.807, 2.05) is 0 Å². The van der Waals surface area contributed by atoms with Crippen molar-refractivity contribution >= 4 is 0 Å². The molecule has 21 heavy (non-hydrogen) atoms. The van der Waals surface area contributed by atoms with Crippen molar-refractivity contribution in [3.63, 3.8) is 0 Å². The van der Waals surface area contributed by atoms with E-state index in [1.165, 1.54) is 38.2 Å². The summed E-state index contributed by atoms with van der Waals surface area (Å²) in [5, 5.41) is 3.73. The van der Waals surface area contributed by atoms with Crippen LogP contribution in [0.25, 0.3) is 0 Å². The highest BCUT2D eigenvalue weighted by atomic mass is 19.2. The standard InChI is InChI=1S/C17H24F2N2/c18-15-7-4-6-14(16(15)19)12-21-11-5-10-20-17(13-21)8-2-1-3-9-17/h4,6-7,20H,1-3,5,8-13H2. The first-order chi connectivity index (χ1) is 10.2. The van der Waals surface area contributed by atoms with Crippen LogP contribution in [0.5, 0.6) is 0 Å². The monoisotopic (exact) mass is 294 g/mol. The van der Waals surface area contributed by atoms with Gasteiger partial charge in [0.1, 0.15) is 0 Å². The number of hydrogen-bond acceptors (Lipinski definition) is 2. The highest BCUT2D eigenvalue weighted by Gasteiger charge is 2.34. The molecular formula is C17H24F2N2. The van der Waals surface area contributed by atoms with Gasteiger partial charge in [-0.05, 0) is 38.4 Å². The molecule has 0 aromatic heterocycles. The summed E-state index contributed by atoms with van der Waals surface area (Å²) in [6.45, 7) is 3.43. The van der Waals surface area contributed by atoms with Crippen molar-refractivity contribution < 1.29 is 8.78 Å². The Hall–Kier alpha value is -1.00. The van der Waals surface area contributed by atoms with Gasteiger partial charge in [0.05, 0.1) is 0 Å². The lowest BCUT2D eigenvalue weighted by atomic mass is 9.81. The van der Waals surface area contributed by atoms with Gasteiger partial charge in [-0.15, -0.1) is 0 Å². The maximum atomic E-state index is 13.9. The lowest BCUT2D eigenvalue weighted by molar-refractivity contribution is 0.158. The van der Waals surface area contributed by atoms with Gasteiger partial charge in [-0.1, -0.05) is 31.4 Å². The van der Waals surface area contributed by atoms with Crippen molar-refractivity contribution in [2.75, 3.05) is 19.6 Å². The minimum Gasteiger partial charge on any atom is -0.310 e. The van der Waals surface area contributed by atoms with Crippen molar-refractivity contribution in [3.8, 4) is 0 Å². The molecule has 1 saturated carbocycles. The SMILES string of the molecule is Fc1cccc(CN2CCCNC3(CCCCC3)C2)c1F. The van der Waals surface area contributed by atoms with Crippen LogP contribution < -0.4 is 5.32 Å². The van der Waals surface area contributed by atoms with Gasteiger partial charge in [-0.25, -0.2) is 8.78 Å². The normalized spacial score (nSPS) is 23.1. The summed E-state index contributed by atoms with van der Waals surface area (Å²) in [7, 11) is 0. The molecule has 1 aromatic carbocycles. The third kappa shape index (κ3) is 3.43. The summed E-state index contributed by atoms with van der Waals surface area (Å²) >= 11 is 0. The van der Waals surface area contributed by atoms with Crippen LogP contribution in [0.3, 0.4) is 0 Å². The van der Waals surface area contributed by atoms with Crippen LogP contribution in [0.15, 0.2) is 18.2 Å². The fourth-order valence-electron chi connectivity index (χ4n) is 3.83. The molecule has 4 heteroatoms. The minimum absolute atomic E-state index is 0.193. The third-order valence-corrected chi connectivity index (χ3v) is 4.91. The Kier molecular flexibility index (Phi) is 4.55. The Morgan fingerprint density at radius 2 is 1.90 bits per heavy atom. The number of nitrogens with zero attached hydrogens (tertiary/aromatic N) is 1. The molecule has 0 unspecified atom stereocenters. The Balaban J connectivity index is 1.73. The summed E-state index contributed by atoms with van der Waals surface area (Å²) in [6.07, 6.45) is 7.34. The van der Waals surface area contributed by atoms with E-state index < -0.39 is 11.6 Å². The summed E-state index contributed by atoms with van der Waals surface area (Å²) in [4.78, 5) is 2.29. The molecule has 1 aliphatic heterocycles. The topological polar surface area (TPSA) is 15.3 Å². The van der Waals surface area contributed by atoms with Crippen LogP contribution in [-0.4, -0.2) is 30.1 Å². The van der Waals surface area contributed by atoms with Gasteiger partial charge < -0.3 is 5.32 Å². The van der Waals surface area contributed by atoms with Gasteiger partial charge in [0.2, 0.25) is 0 Å². The average molecular weight is 294 g/mol. The van der Waals surface area contributed by atoms with Gasteiger partial charge in [-0.3, -0.25) is 4.90 Å². The maximum absolute atomic E-state index is 13.9. The van der Waals surface area contributed by atoms with Crippen LogP contribution in [0, 0.1) is 11.6 Å². The number of halogens is 2. The molecule has 0 atom stereocenters. The zero-order valence-electron chi connectivity index (χ0n) is 12.5. The van der Waals surface area contributed by atoms with E-state index in [4.69, 9.17) is 0 Å². The van der Waals surface area contributed by atoms with Crippen LogP contribution >= 0.6 is 0 Å². The highest BCUT2D eigenvalue weighted by molar-refractivity contribution is 5.19. The second-order valence-electron chi connectivity index (χ2n) is 6.54. The third-order valence-electron chi connectivity index (χ3n) is 4.91. The van der Waals surface area contributed by atoms with Gasteiger partial charge >= 0.3 is 0 Å². The molecule has 0 radical (unpaired) electrons. The van der Waals surface area contributed by atoms with Crippen molar-refractivity contribution in [2.24, 2.45) is 0 Å². The van der Waals surface area contributed by atoms with Gasteiger partial charge in [0.25, 0.3) is 0 Å². The number of nitrogens with one attached hydrogen (secondary N) is 1. The quantitative estimate of drug-likeness (QED) is 0.898. The molecule has 2 nitrogen and oxygen atoms in total. The molecule has 0 amide bonds. The molecule has 0 bridgehead atoms. The van der Waals surface area contributed by atoms with E-state index in [9.17, 15) is 8.78 Å². The maximum Gasteiger partial charge on any atom is 0.163 e. The molecule has 1 aliphatic carbocycles. The number of hydrogen-bond donors (Lipinski definition) is 1. The average Bonchev–Trinajstić information content (AvgIpc) is 2.67. The largest absolute Gasteiger partial charge is 0.310 e. The molecular weight excluding hydrogens is 270 g/mol. The van der Waals surface area contributed by atoms with E-state index in [0.717, 1.165) is 26.1 Å². The number of rotatable bonds is 2. The minimum atomic E-state index is -0.743. The smallest absolute Gasteiger partial charge is 0.163 e. The molecule has 2 fully saturated rings. The molecule has 2 aliphatic rings. The van der Waals surface area contributed by atoms with E-state index in [0.29, 0.717) is 12.1 Å². The fraction of sp³-hybridized carbons (Fsp3) is 0.647. The second-order valence-corrected chi connectivity index (χ2v) is 6.54. The van der Waals surface area contributed by atoms with E-state index in [-0.39, 0.29) is 5.54 Å². The van der Waals surface area contributed by atoms with Crippen molar-refractivity contribution in [2.45, 2.75) is 50.6 Å². The summed E-state index contributed by atoms with van der Waals surface area (Å²) in [5.74, 6) is -1.43. The summed E-state index contributed by atoms with van der Waals surface area (Å²) < 4.78 is 27.2. The van der Waals surface area contributed by atoms with Crippen LogP contribution in [-0.2, 0) is 6.54 Å². The van der Waals surface area contributed by atoms with Crippen molar-refractivity contribution in [1.82, 2.24) is 10.2 Å². The van der Waals surface area contributed by atoms with Gasteiger partial charge in [-0.2, -0.15) is 0 Å². The first-order valence-corrected chi connectivity index (χ1v) is 8.09. The Morgan fingerprint density at radius 3 is 2.71 bits per heavy atom. The summed E-state index contributed by atoms with van der Waals surface area (Å²) in [5.41, 5.74) is 0.668. The Bertz CT molecular complexity index is 484. The van der Waals surface area contributed by atoms with Crippen LogP contribution in [0.4, 0.5) is 8.78 Å². The second kappa shape index (κ2) is 6.41. The molecule has 1 N–H and O–H groups in total. The van der Waals surface area contributed by atoms with Crippen LogP contribution in [0.1, 0.15) is 44.1 Å². The first kappa shape index (κ1) is 14.9. The predicted octanol–water partition coefficient (Wildman–Crippen LogP) is 3.46. The Labute approximate surface area is 125 Å². The highest BCUT2D eigenvalue weighted by Crippen LogP contribution is 2.31. The zero-order chi connectivity index (χ0) is 14.7. The van der Waals surface area contributed by atoms with Gasteiger partial charge in [0, 0.05) is 24.2 Å². The molecule has 1 spiro atoms. The molecule has 1 heterocycles. The van der Waals surface area contributed by atoms with E-state index in [1.54, 1.807) is 12.1 Å². The Morgan fingerprint density at radius 1 is 1.10 bits per heavy atom. The lowest BCUT2D eigenvalue weighted by Crippen LogP contribution is -2.52. The van der Waals surface area contributed by atoms with Crippen molar-refractivity contribution in [1.29, 1.82) is 0 Å². The predicted molar refractivity (Wildman–Crippen MR) is 80.1 cm³/mol. The first-order valence-electron chi connectivity index (χ1n) is 8.09. The molecule has 1 aromatic rings. The van der Waals surface area contributed by atoms with E-state index in [2.05, 4.69) is 10.2 Å². The van der Waals surface area contributed by atoms with E-state index >= 15 is 0 Å². The fourth-order valence-corrected chi connectivity index (χ4v) is 3.83. The number of benzene rings is 1. The van der Waals surface area contributed by atoms with Crippen LogP contribution in [0.2, 0.25) is 0 Å². The van der Waals surface area contributed by atoms with Crippen molar-refractivity contribution in [3.05, 3.63) is 35.4 Å².